The summed E-state index contributed by atoms with van der Waals surface area (Å²) in [5.41, 5.74) is 4.63. The molecule has 2 aliphatic rings. The number of nitrogens with one attached hydrogen (secondary N) is 1. The lowest BCUT2D eigenvalue weighted by Crippen LogP contribution is -3.20. The summed E-state index contributed by atoms with van der Waals surface area (Å²) in [4.78, 5) is 4.77. The molecule has 0 unspecified atom stereocenters. The third-order valence-electron chi connectivity index (χ3n) is 5.32. The molecule has 23 heavy (non-hydrogen) atoms. The average Bonchev–Trinajstić information content (AvgIpc) is 2.79. The first kappa shape index (κ1) is 15.3. The Hall–Kier alpha value is -1.29. The maximum absolute atomic E-state index is 2.46. The van der Waals surface area contributed by atoms with Crippen LogP contribution in [0.15, 0.2) is 52.3 Å². The van der Waals surface area contributed by atoms with E-state index in [1.807, 2.05) is 11.8 Å². The van der Waals surface area contributed by atoms with E-state index in [9.17, 15) is 0 Å². The zero-order valence-corrected chi connectivity index (χ0v) is 14.7. The van der Waals surface area contributed by atoms with Crippen LogP contribution in [0, 0.1) is 0 Å². The van der Waals surface area contributed by atoms with E-state index in [2.05, 4.69) is 54.7 Å². The first-order valence-electron chi connectivity index (χ1n) is 8.90. The van der Waals surface area contributed by atoms with Gasteiger partial charge in [-0.1, -0.05) is 55.1 Å². The third-order valence-corrected chi connectivity index (χ3v) is 6.64. The van der Waals surface area contributed by atoms with Crippen molar-refractivity contribution in [1.82, 2.24) is 0 Å². The van der Waals surface area contributed by atoms with E-state index in [0.29, 0.717) is 6.04 Å². The minimum absolute atomic E-state index is 0.612. The maximum atomic E-state index is 2.46. The predicted octanol–water partition coefficient (Wildman–Crippen LogP) is 1.46. The Balaban J connectivity index is 1.82. The lowest BCUT2D eigenvalue weighted by Gasteiger charge is -2.31. The van der Waals surface area contributed by atoms with E-state index < -0.39 is 0 Å². The summed E-state index contributed by atoms with van der Waals surface area (Å²) < 4.78 is 0. The number of rotatable bonds is 2. The summed E-state index contributed by atoms with van der Waals surface area (Å²) in [7, 11) is 0. The summed E-state index contributed by atoms with van der Waals surface area (Å²) in [6.07, 6.45) is 2.30. The van der Waals surface area contributed by atoms with Crippen LogP contribution in [-0.2, 0) is 12.8 Å². The molecule has 0 aromatic heterocycles. The summed E-state index contributed by atoms with van der Waals surface area (Å²) in [6, 6.07) is 16.6. The molecule has 0 spiro atoms. The Morgan fingerprint density at radius 2 is 1.91 bits per heavy atom. The minimum Gasteiger partial charge on any atom is -0.337 e. The van der Waals surface area contributed by atoms with E-state index in [-0.39, 0.29) is 0 Å². The van der Waals surface area contributed by atoms with E-state index in [0.717, 1.165) is 6.42 Å². The van der Waals surface area contributed by atoms with Gasteiger partial charge in [-0.25, -0.2) is 0 Å². The number of quaternary nitrogens is 2. The fraction of sp³-hybridized carbons (Fsp3) is 0.400. The van der Waals surface area contributed by atoms with Crippen LogP contribution in [0.2, 0.25) is 0 Å². The number of fused-ring (bicyclic) bond motifs is 2. The van der Waals surface area contributed by atoms with Gasteiger partial charge in [0.05, 0.1) is 0 Å². The normalized spacial score (nSPS) is 21.3. The number of piperazine rings is 1. The molecule has 2 heterocycles. The molecule has 0 amide bonds. The molecular weight excluding hydrogens is 300 g/mol. The van der Waals surface area contributed by atoms with Crippen molar-refractivity contribution in [3.05, 3.63) is 59.2 Å². The molecule has 0 saturated carbocycles. The first-order valence-corrected chi connectivity index (χ1v) is 9.72. The molecule has 0 aliphatic carbocycles. The molecule has 2 nitrogen and oxygen atoms in total. The van der Waals surface area contributed by atoms with Crippen molar-refractivity contribution in [3.8, 4) is 0 Å². The summed E-state index contributed by atoms with van der Waals surface area (Å²) in [6.45, 7) is 7.39. The average molecular weight is 327 g/mol. The molecule has 2 aliphatic heterocycles. The van der Waals surface area contributed by atoms with Gasteiger partial charge >= 0.3 is 0 Å². The first-order chi connectivity index (χ1) is 11.4. The number of benzene rings is 2. The van der Waals surface area contributed by atoms with E-state index in [1.54, 1.807) is 10.5 Å². The highest BCUT2D eigenvalue weighted by Crippen LogP contribution is 2.41. The van der Waals surface area contributed by atoms with Gasteiger partial charge in [-0.15, -0.1) is 0 Å². The van der Waals surface area contributed by atoms with Crippen molar-refractivity contribution in [2.75, 3.05) is 26.2 Å². The van der Waals surface area contributed by atoms with Gasteiger partial charge in [-0.3, -0.25) is 0 Å². The highest BCUT2D eigenvalue weighted by molar-refractivity contribution is 7.99. The van der Waals surface area contributed by atoms with Crippen molar-refractivity contribution < 1.29 is 10.2 Å². The molecule has 1 atom stereocenters. The van der Waals surface area contributed by atoms with Crippen molar-refractivity contribution in [2.24, 2.45) is 0 Å². The molecular formula is C20H26N2S+2. The van der Waals surface area contributed by atoms with Crippen molar-refractivity contribution in [3.63, 3.8) is 0 Å². The second-order valence-corrected chi connectivity index (χ2v) is 7.73. The van der Waals surface area contributed by atoms with Gasteiger partial charge in [-0.2, -0.15) is 0 Å². The van der Waals surface area contributed by atoms with Gasteiger partial charge in [0, 0.05) is 21.8 Å². The Bertz CT molecular complexity index is 692. The highest BCUT2D eigenvalue weighted by Gasteiger charge is 2.32. The lowest BCUT2D eigenvalue weighted by atomic mass is 9.95. The Morgan fingerprint density at radius 3 is 2.74 bits per heavy atom. The van der Waals surface area contributed by atoms with Crippen LogP contribution in [0.4, 0.5) is 0 Å². The minimum atomic E-state index is 0.612. The molecule has 4 rings (SSSR count). The molecule has 1 saturated heterocycles. The van der Waals surface area contributed by atoms with Crippen molar-refractivity contribution in [2.45, 2.75) is 35.6 Å². The number of nitrogens with two attached hydrogens (primary N) is 1. The molecule has 3 N–H and O–H groups in total. The summed E-state index contributed by atoms with van der Waals surface area (Å²) >= 11 is 2.00. The summed E-state index contributed by atoms with van der Waals surface area (Å²) in [5.74, 6) is 0. The second-order valence-electron chi connectivity index (χ2n) is 6.68. The number of hydrogen-bond donors (Lipinski definition) is 2. The highest BCUT2D eigenvalue weighted by atomic mass is 32.2. The molecule has 2 aromatic carbocycles. The zero-order chi connectivity index (χ0) is 15.6. The quantitative estimate of drug-likeness (QED) is 0.856. The smallest absolute Gasteiger partial charge is 0.127 e. The van der Waals surface area contributed by atoms with Crippen LogP contribution in [0.3, 0.4) is 0 Å². The van der Waals surface area contributed by atoms with Crippen LogP contribution in [0.1, 0.15) is 29.7 Å². The molecule has 0 bridgehead atoms. The molecule has 2 aromatic rings. The molecule has 120 valence electrons. The second kappa shape index (κ2) is 6.68. The van der Waals surface area contributed by atoms with Gasteiger partial charge in [0.1, 0.15) is 32.2 Å². The van der Waals surface area contributed by atoms with Crippen LogP contribution in [0.5, 0.6) is 0 Å². The van der Waals surface area contributed by atoms with E-state index >= 15 is 0 Å². The van der Waals surface area contributed by atoms with Crippen molar-refractivity contribution >= 4 is 11.8 Å². The zero-order valence-electron chi connectivity index (χ0n) is 13.8. The topological polar surface area (TPSA) is 21.1 Å². The van der Waals surface area contributed by atoms with Crippen LogP contribution in [-0.4, -0.2) is 26.2 Å². The van der Waals surface area contributed by atoms with E-state index in [4.69, 9.17) is 0 Å². The molecule has 0 radical (unpaired) electrons. The van der Waals surface area contributed by atoms with Gasteiger partial charge in [0.15, 0.2) is 0 Å². The largest absolute Gasteiger partial charge is 0.337 e. The maximum Gasteiger partial charge on any atom is 0.127 e. The van der Waals surface area contributed by atoms with E-state index in [1.165, 1.54) is 53.5 Å². The van der Waals surface area contributed by atoms with Gasteiger partial charge in [0.25, 0.3) is 0 Å². The van der Waals surface area contributed by atoms with Crippen LogP contribution < -0.4 is 10.2 Å². The summed E-state index contributed by atoms with van der Waals surface area (Å²) in [5, 5.41) is 2.46. The van der Waals surface area contributed by atoms with Crippen LogP contribution >= 0.6 is 11.8 Å². The Kier molecular flexibility index (Phi) is 4.43. The number of hydrogen-bond acceptors (Lipinski definition) is 1. The SMILES string of the molecule is CCc1cccc2c1Sc1ccccc1C[C@@H]2[NH+]1CC[NH2+]CC1. The predicted molar refractivity (Wildman–Crippen MR) is 95.2 cm³/mol. The van der Waals surface area contributed by atoms with Gasteiger partial charge in [0.2, 0.25) is 0 Å². The lowest BCUT2D eigenvalue weighted by molar-refractivity contribution is -0.972. The Labute approximate surface area is 143 Å². The fourth-order valence-electron chi connectivity index (χ4n) is 4.05. The number of aryl methyl sites for hydroxylation is 1. The van der Waals surface area contributed by atoms with Gasteiger partial charge in [-0.05, 0) is 23.6 Å². The third kappa shape index (κ3) is 2.93. The molecule has 1 fully saturated rings. The fourth-order valence-corrected chi connectivity index (χ4v) is 5.37. The van der Waals surface area contributed by atoms with Crippen LogP contribution in [0.25, 0.3) is 0 Å². The standard InChI is InChI=1S/C20H24N2S/c1-2-15-7-5-8-17-18(22-12-10-21-11-13-22)14-16-6-3-4-9-19(16)23-20(15)17/h3-9,18,21H,2,10-14H2,1H3/p+2/t18-/m0/s1. The molecule has 3 heteroatoms. The Morgan fingerprint density at radius 1 is 1.09 bits per heavy atom. The monoisotopic (exact) mass is 326 g/mol. The van der Waals surface area contributed by atoms with Gasteiger partial charge < -0.3 is 10.2 Å². The van der Waals surface area contributed by atoms with Crippen molar-refractivity contribution in [1.29, 1.82) is 0 Å².